The van der Waals surface area contributed by atoms with E-state index in [1.807, 2.05) is 0 Å². The van der Waals surface area contributed by atoms with E-state index in [1.165, 1.54) is 0 Å². The van der Waals surface area contributed by atoms with Crippen LogP contribution in [0.15, 0.2) is 25.3 Å². The Balaban J connectivity index is 4.07. The van der Waals surface area contributed by atoms with Crippen molar-refractivity contribution in [3.63, 3.8) is 0 Å². The van der Waals surface area contributed by atoms with E-state index in [2.05, 4.69) is 20.1 Å². The van der Waals surface area contributed by atoms with Gasteiger partial charge in [-0.15, -0.1) is 34.1 Å². The van der Waals surface area contributed by atoms with Gasteiger partial charge in [0, 0.05) is 23.7 Å². The van der Waals surface area contributed by atoms with Gasteiger partial charge in [-0.3, -0.25) is 0 Å². The number of carbonyl (C=O) groups excluding carboxylic acids is 2. The minimum Gasteiger partial charge on any atom is -0.462 e. The van der Waals surface area contributed by atoms with Crippen LogP contribution in [0.25, 0.3) is 0 Å². The maximum atomic E-state index is 10.9. The first-order valence-corrected chi connectivity index (χ1v) is 13.7. The average molecular weight is 387 g/mol. The Morgan fingerprint density at radius 2 is 1.48 bits per heavy atom. The fraction of sp³-hybridized carbons (Fsp3) is 0.500. The monoisotopic (exact) mass is 386 g/mol. The van der Waals surface area contributed by atoms with Crippen LogP contribution in [0.3, 0.4) is 0 Å². The van der Waals surface area contributed by atoms with E-state index in [9.17, 15) is 9.59 Å². The van der Waals surface area contributed by atoms with Crippen LogP contribution in [-0.2, 0) is 30.9 Å². The molecule has 9 heteroatoms. The molecule has 4 nitrogen and oxygen atoms in total. The van der Waals surface area contributed by atoms with E-state index in [0.29, 0.717) is 24.7 Å². The van der Waals surface area contributed by atoms with Crippen molar-refractivity contribution in [3.8, 4) is 0 Å². The average Bonchev–Trinajstić information content (AvgIpc) is 2.48. The van der Waals surface area contributed by atoms with Crippen molar-refractivity contribution in [2.75, 3.05) is 30.5 Å². The number of esters is 2. The zero-order chi connectivity index (χ0) is 16.1. The second kappa shape index (κ2) is 12.6. The van der Waals surface area contributed by atoms with E-state index in [4.69, 9.17) is 21.3 Å². The van der Waals surface area contributed by atoms with Crippen molar-refractivity contribution in [2.24, 2.45) is 0 Å². The van der Waals surface area contributed by atoms with Gasteiger partial charge in [-0.2, -0.15) is 0 Å². The van der Waals surface area contributed by atoms with Crippen LogP contribution in [0.2, 0.25) is 0 Å². The first-order valence-electron chi connectivity index (χ1n) is 6.09. The minimum atomic E-state index is -1.71. The van der Waals surface area contributed by atoms with Crippen molar-refractivity contribution in [1.29, 1.82) is 0 Å². The van der Waals surface area contributed by atoms with Crippen LogP contribution < -0.4 is 0 Å². The third kappa shape index (κ3) is 11.4. The fourth-order valence-corrected chi connectivity index (χ4v) is 14.6. The lowest BCUT2D eigenvalue weighted by atomic mass is 10.6. The number of hydrogen-bond acceptors (Lipinski definition) is 8. The van der Waals surface area contributed by atoms with Gasteiger partial charge in [0.15, 0.2) is 0 Å². The molecule has 0 unspecified atom stereocenters. The van der Waals surface area contributed by atoms with Crippen LogP contribution in [-0.4, -0.2) is 42.4 Å². The first-order chi connectivity index (χ1) is 9.97. The summed E-state index contributed by atoms with van der Waals surface area (Å²) in [5.41, 5.74) is 0. The molecule has 0 heterocycles. The molecule has 0 aromatic carbocycles. The van der Waals surface area contributed by atoms with E-state index < -0.39 is 15.6 Å². The van der Waals surface area contributed by atoms with Crippen molar-refractivity contribution in [1.82, 2.24) is 0 Å². The van der Waals surface area contributed by atoms with Crippen molar-refractivity contribution >= 4 is 61.5 Å². The molecule has 0 saturated heterocycles. The lowest BCUT2D eigenvalue weighted by molar-refractivity contribution is -0.138. The van der Waals surface area contributed by atoms with Crippen molar-refractivity contribution in [2.45, 2.75) is 6.92 Å². The van der Waals surface area contributed by atoms with Gasteiger partial charge in [0.1, 0.15) is 16.9 Å². The molecule has 0 rings (SSSR count). The molecule has 0 bridgehead atoms. The maximum Gasteiger partial charge on any atom is 0.330 e. The predicted molar refractivity (Wildman–Crippen MR) is 99.6 cm³/mol. The molecule has 0 aliphatic heterocycles. The molecule has 0 amide bonds. The largest absolute Gasteiger partial charge is 0.462 e. The highest BCUT2D eigenvalue weighted by atomic mass is 33.5. The summed E-state index contributed by atoms with van der Waals surface area (Å²) >= 11 is 10.7. The standard InChI is InChI=1S/C12H19O4PS4/c1-4-11(13)15-7-9-20-17(18,19-6-3)21-10-8-16-12(14)5-2/h4-5H,1-2,6-10H2,3H3. The zero-order valence-electron chi connectivity index (χ0n) is 11.8. The molecule has 120 valence electrons. The van der Waals surface area contributed by atoms with Gasteiger partial charge < -0.3 is 9.47 Å². The van der Waals surface area contributed by atoms with E-state index >= 15 is 0 Å². The Kier molecular flexibility index (Phi) is 12.7. The molecule has 0 aliphatic rings. The van der Waals surface area contributed by atoms with Crippen molar-refractivity contribution in [3.05, 3.63) is 25.3 Å². The summed E-state index contributed by atoms with van der Waals surface area (Å²) in [5, 5.41) is 0. The molecular formula is C12H19O4PS4. The predicted octanol–water partition coefficient (Wildman–Crippen LogP) is 3.89. The summed E-state index contributed by atoms with van der Waals surface area (Å²) in [6, 6.07) is 0. The number of rotatable bonds is 12. The highest BCUT2D eigenvalue weighted by molar-refractivity contribution is 9.23. The smallest absolute Gasteiger partial charge is 0.330 e. The molecule has 21 heavy (non-hydrogen) atoms. The Morgan fingerprint density at radius 1 is 1.05 bits per heavy atom. The molecular weight excluding hydrogens is 367 g/mol. The lowest BCUT2D eigenvalue weighted by Gasteiger charge is -2.19. The van der Waals surface area contributed by atoms with Crippen LogP contribution in [0, 0.1) is 0 Å². The molecule has 0 saturated carbocycles. The SMILES string of the molecule is C=CC(=O)OCCSP(=S)(SCC)SCCOC(=O)C=C. The Hall–Kier alpha value is 0.120. The third-order valence-corrected chi connectivity index (χ3v) is 16.9. The van der Waals surface area contributed by atoms with Gasteiger partial charge in [0.25, 0.3) is 0 Å². The third-order valence-electron chi connectivity index (χ3n) is 1.77. The summed E-state index contributed by atoms with van der Waals surface area (Å²) in [4.78, 5) is 21.9. The summed E-state index contributed by atoms with van der Waals surface area (Å²) in [6.07, 6.45) is 2.29. The van der Waals surface area contributed by atoms with Crippen LogP contribution in [0.5, 0.6) is 0 Å². The zero-order valence-corrected chi connectivity index (χ0v) is 16.0. The molecule has 0 N–H and O–H groups in total. The molecule has 0 aliphatic carbocycles. The second-order valence-electron chi connectivity index (χ2n) is 3.27. The summed E-state index contributed by atoms with van der Waals surface area (Å²) < 4.78 is 8.16. The molecule has 0 spiro atoms. The number of ether oxygens (including phenoxy) is 2. The Bertz CT molecular complexity index is 382. The first kappa shape index (κ1) is 21.1. The van der Waals surface area contributed by atoms with Gasteiger partial charge in [0.2, 0.25) is 0 Å². The van der Waals surface area contributed by atoms with Crippen LogP contribution in [0.4, 0.5) is 0 Å². The van der Waals surface area contributed by atoms with E-state index in [0.717, 1.165) is 17.9 Å². The van der Waals surface area contributed by atoms with Gasteiger partial charge in [-0.1, -0.05) is 31.9 Å². The number of carbonyl (C=O) groups is 2. The molecule has 0 radical (unpaired) electrons. The van der Waals surface area contributed by atoms with E-state index in [-0.39, 0.29) is 0 Å². The minimum absolute atomic E-state index is 0.324. The fourth-order valence-electron chi connectivity index (χ4n) is 0.970. The van der Waals surface area contributed by atoms with Crippen molar-refractivity contribution < 1.29 is 19.1 Å². The van der Waals surface area contributed by atoms with Gasteiger partial charge in [-0.05, 0) is 5.75 Å². The Labute approximate surface area is 143 Å². The molecule has 0 aromatic rings. The summed E-state index contributed by atoms with van der Waals surface area (Å²) in [7, 11) is 0. The highest BCUT2D eigenvalue weighted by Crippen LogP contribution is 2.77. The van der Waals surface area contributed by atoms with Crippen LogP contribution in [0.1, 0.15) is 6.92 Å². The Morgan fingerprint density at radius 3 is 1.81 bits per heavy atom. The van der Waals surface area contributed by atoms with Gasteiger partial charge in [0.05, 0.1) is 0 Å². The highest BCUT2D eigenvalue weighted by Gasteiger charge is 2.18. The topological polar surface area (TPSA) is 52.6 Å². The van der Waals surface area contributed by atoms with Gasteiger partial charge in [-0.25, -0.2) is 9.59 Å². The lowest BCUT2D eigenvalue weighted by Crippen LogP contribution is -2.04. The van der Waals surface area contributed by atoms with Crippen LogP contribution >= 0.6 is 37.8 Å². The second-order valence-corrected chi connectivity index (χ2v) is 19.4. The summed E-state index contributed by atoms with van der Waals surface area (Å²) in [6.45, 7) is 9.38. The van der Waals surface area contributed by atoms with E-state index in [1.54, 1.807) is 34.1 Å². The van der Waals surface area contributed by atoms with Gasteiger partial charge >= 0.3 is 11.9 Å². The number of hydrogen-bond donors (Lipinski definition) is 0. The molecule has 0 aromatic heterocycles. The molecule has 0 atom stereocenters. The normalized spacial score (nSPS) is 10.7. The quantitative estimate of drug-likeness (QED) is 0.217. The summed E-state index contributed by atoms with van der Waals surface area (Å²) in [5.74, 6) is 1.40. The maximum absolute atomic E-state index is 10.9. The molecule has 0 fully saturated rings.